The Balaban J connectivity index is 1.16. The molecule has 0 aromatic rings. The first-order chi connectivity index (χ1) is 31.3. The molecule has 66 heavy (non-hydrogen) atoms. The van der Waals surface area contributed by atoms with Crippen molar-refractivity contribution < 1.29 is 118 Å². The second-order valence-corrected chi connectivity index (χ2v) is 16.2. The van der Waals surface area contributed by atoms with E-state index < -0.39 is 160 Å². The maximum Gasteiger partial charge on any atom is 0.335 e. The van der Waals surface area contributed by atoms with Crippen LogP contribution in [0.2, 0.25) is 0 Å². The van der Waals surface area contributed by atoms with Crippen molar-refractivity contribution in [1.29, 1.82) is 0 Å². The Morgan fingerprint density at radius 3 is 1.15 bits per heavy atom. The summed E-state index contributed by atoms with van der Waals surface area (Å²) in [5.41, 5.74) is 0. The highest BCUT2D eigenvalue weighted by Gasteiger charge is 2.55. The van der Waals surface area contributed by atoms with Crippen LogP contribution in [0.25, 0.3) is 0 Å². The molecule has 0 saturated carbocycles. The predicted molar refractivity (Wildman–Crippen MR) is 213 cm³/mol. The highest BCUT2D eigenvalue weighted by molar-refractivity contribution is 5.74. The van der Waals surface area contributed by atoms with E-state index >= 15 is 0 Å². The number of carboxylic acids is 2. The summed E-state index contributed by atoms with van der Waals surface area (Å²) in [4.78, 5) is 47.5. The van der Waals surface area contributed by atoms with Crippen LogP contribution in [0.5, 0.6) is 0 Å². The van der Waals surface area contributed by atoms with E-state index in [-0.39, 0.29) is 13.2 Å². The lowest BCUT2D eigenvalue weighted by atomic mass is 9.95. The van der Waals surface area contributed by atoms with E-state index in [0.717, 1.165) is 0 Å². The topological polar surface area (TPSA) is 433 Å². The largest absolute Gasteiger partial charge is 0.479 e. The second kappa shape index (κ2) is 26.7. The van der Waals surface area contributed by atoms with Gasteiger partial charge in [-0.3, -0.25) is 9.59 Å². The first kappa shape index (κ1) is 55.7. The van der Waals surface area contributed by atoms with E-state index in [0.29, 0.717) is 51.9 Å². The van der Waals surface area contributed by atoms with Crippen molar-refractivity contribution in [2.45, 2.75) is 162 Å². The number of carboxylic acid groups (broad SMARTS) is 2. The Bertz CT molecular complexity index is 1420. The first-order valence-corrected chi connectivity index (χ1v) is 21.6. The van der Waals surface area contributed by atoms with E-state index in [1.165, 1.54) is 13.8 Å². The van der Waals surface area contributed by atoms with Crippen LogP contribution in [0.15, 0.2) is 0 Å². The molecular weight excluding hydrogens is 896 g/mol. The molecule has 4 fully saturated rings. The van der Waals surface area contributed by atoms with Gasteiger partial charge in [0.05, 0.1) is 13.2 Å². The molecule has 28 heteroatoms. The third kappa shape index (κ3) is 14.8. The van der Waals surface area contributed by atoms with Gasteiger partial charge in [0.1, 0.15) is 85.3 Å². The number of carbonyl (C=O) groups excluding carboxylic acids is 2. The van der Waals surface area contributed by atoms with E-state index in [1.54, 1.807) is 0 Å². The van der Waals surface area contributed by atoms with Crippen molar-refractivity contribution in [3.05, 3.63) is 0 Å². The first-order valence-electron chi connectivity index (χ1n) is 21.6. The second-order valence-electron chi connectivity index (χ2n) is 16.2. The molecule has 20 atom stereocenters. The van der Waals surface area contributed by atoms with Gasteiger partial charge < -0.3 is 120 Å². The summed E-state index contributed by atoms with van der Waals surface area (Å²) in [6.07, 6.45) is -28.9. The number of nitrogens with one attached hydrogen (secondary N) is 4. The summed E-state index contributed by atoms with van der Waals surface area (Å²) in [6.45, 7) is 3.42. The van der Waals surface area contributed by atoms with E-state index in [9.17, 15) is 80.5 Å². The number of amides is 2. The summed E-state index contributed by atoms with van der Waals surface area (Å²) in [7, 11) is 0. The van der Waals surface area contributed by atoms with Gasteiger partial charge in [-0.25, -0.2) is 9.59 Å². The zero-order chi connectivity index (χ0) is 48.8. The summed E-state index contributed by atoms with van der Waals surface area (Å²) in [5.74, 6) is -4.51. The number of unbranched alkanes of at least 4 members (excludes halogenated alkanes) is 2. The average Bonchev–Trinajstić information content (AvgIpc) is 3.26. The number of carbonyl (C=O) groups is 4. The molecule has 0 bridgehead atoms. The van der Waals surface area contributed by atoms with Crippen LogP contribution in [0, 0.1) is 0 Å². The smallest absolute Gasteiger partial charge is 0.335 e. The molecule has 28 nitrogen and oxygen atoms in total. The minimum absolute atomic E-state index is 0.0883. The molecule has 4 aliphatic heterocycles. The monoisotopic (exact) mass is 962 g/mol. The van der Waals surface area contributed by atoms with E-state index in [2.05, 4.69) is 21.3 Å². The van der Waals surface area contributed by atoms with Crippen LogP contribution in [0.4, 0.5) is 0 Å². The Morgan fingerprint density at radius 1 is 0.470 bits per heavy atom. The molecule has 0 spiro atoms. The maximum atomic E-state index is 12.2. The molecule has 382 valence electrons. The number of aliphatic hydroxyl groups is 10. The highest BCUT2D eigenvalue weighted by Crippen LogP contribution is 2.32. The SMILES string of the molecule is CC(=O)N[C@H]1[C@H](OCCCCNCCNCCCCO[C@@H]2O[C@H](CO)[C@@H](O)[C@H](O[C@@H]3O[C@H](C(=O)O)[C@@H](O)[C@H](O)[C@H]3O)[C@H]2NC(C)=O)O[C@H](CO)[C@@H](O)[C@@H]1O[C@@H]1O[C@H](C(=O)O)[C@@H](O)[C@H](O)[C@H]1O. The Hall–Kier alpha value is -2.92. The Kier molecular flexibility index (Phi) is 22.6. The van der Waals surface area contributed by atoms with Crippen LogP contribution >= 0.6 is 0 Å². The van der Waals surface area contributed by atoms with Gasteiger partial charge in [0, 0.05) is 40.2 Å². The van der Waals surface area contributed by atoms with Crippen LogP contribution in [0.1, 0.15) is 39.5 Å². The van der Waals surface area contributed by atoms with Crippen molar-refractivity contribution >= 4 is 23.8 Å². The van der Waals surface area contributed by atoms with Gasteiger partial charge in [-0.2, -0.15) is 0 Å². The Morgan fingerprint density at radius 2 is 0.833 bits per heavy atom. The van der Waals surface area contributed by atoms with Gasteiger partial charge in [-0.15, -0.1) is 0 Å². The number of ether oxygens (including phenoxy) is 8. The van der Waals surface area contributed by atoms with Crippen LogP contribution < -0.4 is 21.3 Å². The highest BCUT2D eigenvalue weighted by atomic mass is 16.7. The summed E-state index contributed by atoms with van der Waals surface area (Å²) in [5, 5.41) is 134. The fourth-order valence-corrected chi connectivity index (χ4v) is 7.69. The molecule has 0 aliphatic carbocycles. The quantitative estimate of drug-likeness (QED) is 0.0378. The van der Waals surface area contributed by atoms with Gasteiger partial charge in [0.25, 0.3) is 0 Å². The molecule has 0 aromatic heterocycles. The van der Waals surface area contributed by atoms with Gasteiger partial charge in [0.2, 0.25) is 11.8 Å². The van der Waals surface area contributed by atoms with Gasteiger partial charge >= 0.3 is 11.9 Å². The fourth-order valence-electron chi connectivity index (χ4n) is 7.69. The molecule has 0 radical (unpaired) electrons. The molecule has 4 rings (SSSR count). The van der Waals surface area contributed by atoms with E-state index in [1.807, 2.05) is 0 Å². The third-order valence-electron chi connectivity index (χ3n) is 11.2. The number of aliphatic hydroxyl groups excluding tert-OH is 10. The summed E-state index contributed by atoms with van der Waals surface area (Å²) in [6, 6.07) is -2.52. The molecule has 2 amide bonds. The molecule has 0 unspecified atom stereocenters. The fraction of sp³-hybridized carbons (Fsp3) is 0.895. The predicted octanol–water partition coefficient (Wildman–Crippen LogP) is -8.52. The van der Waals surface area contributed by atoms with Gasteiger partial charge in [-0.1, -0.05) is 0 Å². The van der Waals surface area contributed by atoms with Crippen molar-refractivity contribution in [3.8, 4) is 0 Å². The van der Waals surface area contributed by atoms with Crippen molar-refractivity contribution in [2.75, 3.05) is 52.6 Å². The summed E-state index contributed by atoms with van der Waals surface area (Å²) >= 11 is 0. The van der Waals surface area contributed by atoms with E-state index in [4.69, 9.17) is 37.9 Å². The number of rotatable bonds is 25. The minimum Gasteiger partial charge on any atom is -0.479 e. The van der Waals surface area contributed by atoms with Crippen molar-refractivity contribution in [1.82, 2.24) is 21.3 Å². The molecule has 0 aromatic carbocycles. The average molecular weight is 963 g/mol. The summed E-state index contributed by atoms with van der Waals surface area (Å²) < 4.78 is 44.9. The van der Waals surface area contributed by atoms with Crippen LogP contribution in [-0.4, -0.2) is 260 Å². The van der Waals surface area contributed by atoms with Crippen LogP contribution in [0.3, 0.4) is 0 Å². The zero-order valence-corrected chi connectivity index (χ0v) is 36.3. The van der Waals surface area contributed by atoms with Crippen molar-refractivity contribution in [3.63, 3.8) is 0 Å². The minimum atomic E-state index is -2.00. The third-order valence-corrected chi connectivity index (χ3v) is 11.2. The zero-order valence-electron chi connectivity index (χ0n) is 36.3. The molecule has 4 aliphatic rings. The normalized spacial score (nSPS) is 39.5. The lowest BCUT2D eigenvalue weighted by molar-refractivity contribution is -0.340. The lowest BCUT2D eigenvalue weighted by Crippen LogP contribution is -2.68. The number of aliphatic carboxylic acids is 2. The van der Waals surface area contributed by atoms with Crippen molar-refractivity contribution in [2.24, 2.45) is 0 Å². The van der Waals surface area contributed by atoms with Crippen LogP contribution in [-0.2, 0) is 57.1 Å². The maximum absolute atomic E-state index is 12.2. The standard InChI is InChI=1S/C38H66N4O24/c1-15(45)41-19-29(63-37-27(53)23(49)25(51)31(65-37)33(55)56)21(47)17(13-43)61-35(19)59-11-5-3-7-39-9-10-40-8-4-6-12-60-36-20(42-16(2)46)30(22(48)18(14-44)62-36)64-38-28(54)24(50)26(52)32(66-38)34(57)58/h17-32,35-40,43-44,47-54H,3-14H2,1-2H3,(H,41,45)(H,42,46)(H,55,56)(H,57,58)/t17-,18-,19-,20-,21-,22-,23+,24+,25+,26+,27-,28-,29-,30-,31+,32+,35-,36-,37-,38-/m1/s1. The lowest BCUT2D eigenvalue weighted by Gasteiger charge is -2.47. The van der Waals surface area contributed by atoms with Gasteiger partial charge in [-0.05, 0) is 38.8 Å². The molecule has 16 N–H and O–H groups in total. The number of hydrogen-bond acceptors (Lipinski definition) is 24. The van der Waals surface area contributed by atoms with Gasteiger partial charge in [0.15, 0.2) is 37.4 Å². The molecular formula is C38H66N4O24. The molecule has 4 saturated heterocycles. The Labute approximate surface area is 378 Å². The number of hydrogen-bond donors (Lipinski definition) is 16. The molecule has 4 heterocycles.